The highest BCUT2D eigenvalue weighted by Gasteiger charge is 2.20. The summed E-state index contributed by atoms with van der Waals surface area (Å²) in [5.74, 6) is 0.00198. The lowest BCUT2D eigenvalue weighted by Gasteiger charge is -2.22. The number of hydrogen-bond donors (Lipinski definition) is 2. The predicted octanol–water partition coefficient (Wildman–Crippen LogP) is 1.50. The van der Waals surface area contributed by atoms with Crippen LogP contribution in [0, 0.1) is 6.92 Å². The fourth-order valence-corrected chi connectivity index (χ4v) is 3.13. The molecule has 6 heteroatoms. The lowest BCUT2D eigenvalue weighted by atomic mass is 9.96. The first kappa shape index (κ1) is 15.7. The Morgan fingerprint density at radius 1 is 1.52 bits per heavy atom. The standard InChI is InChI=1S/C17H23N5O/c1-3-16(22-8-4-6-21-22)17(23)20-11-15-12(2)19-10-13-9-18-7-5-14(13)15/h4,6,8,10,16,18H,3,5,7,9,11H2,1-2H3,(H,20,23)/t16-/m1/s1. The van der Waals surface area contributed by atoms with E-state index in [-0.39, 0.29) is 11.9 Å². The van der Waals surface area contributed by atoms with E-state index in [0.29, 0.717) is 13.0 Å². The van der Waals surface area contributed by atoms with Gasteiger partial charge in [0.1, 0.15) is 6.04 Å². The van der Waals surface area contributed by atoms with Gasteiger partial charge in [-0.2, -0.15) is 5.10 Å². The van der Waals surface area contributed by atoms with Gasteiger partial charge in [0.05, 0.1) is 0 Å². The largest absolute Gasteiger partial charge is 0.350 e. The number of pyridine rings is 1. The summed E-state index contributed by atoms with van der Waals surface area (Å²) >= 11 is 0. The second kappa shape index (κ2) is 6.91. The van der Waals surface area contributed by atoms with E-state index < -0.39 is 0 Å². The number of carbonyl (C=O) groups is 1. The number of fused-ring (bicyclic) bond motifs is 1. The summed E-state index contributed by atoms with van der Waals surface area (Å²) in [7, 11) is 0. The predicted molar refractivity (Wildman–Crippen MR) is 87.8 cm³/mol. The third kappa shape index (κ3) is 3.27. The lowest BCUT2D eigenvalue weighted by Crippen LogP contribution is -2.33. The van der Waals surface area contributed by atoms with E-state index in [0.717, 1.165) is 30.8 Å². The Morgan fingerprint density at radius 3 is 3.13 bits per heavy atom. The van der Waals surface area contributed by atoms with E-state index >= 15 is 0 Å². The molecule has 0 radical (unpaired) electrons. The molecule has 23 heavy (non-hydrogen) atoms. The summed E-state index contributed by atoms with van der Waals surface area (Å²) in [6.07, 6.45) is 7.17. The molecular weight excluding hydrogens is 290 g/mol. The van der Waals surface area contributed by atoms with Crippen molar-refractivity contribution in [1.29, 1.82) is 0 Å². The van der Waals surface area contributed by atoms with Gasteiger partial charge in [-0.3, -0.25) is 14.5 Å². The molecule has 1 amide bonds. The van der Waals surface area contributed by atoms with Gasteiger partial charge < -0.3 is 10.6 Å². The van der Waals surface area contributed by atoms with Crippen LogP contribution in [0.2, 0.25) is 0 Å². The fraction of sp³-hybridized carbons (Fsp3) is 0.471. The third-order valence-corrected chi connectivity index (χ3v) is 4.44. The molecule has 0 fully saturated rings. The number of amides is 1. The van der Waals surface area contributed by atoms with Crippen molar-refractivity contribution in [2.24, 2.45) is 0 Å². The van der Waals surface area contributed by atoms with Crippen molar-refractivity contribution >= 4 is 5.91 Å². The van der Waals surface area contributed by atoms with Crippen molar-refractivity contribution in [3.05, 3.63) is 47.0 Å². The number of carbonyl (C=O) groups excluding carboxylic acids is 1. The average molecular weight is 313 g/mol. The molecule has 122 valence electrons. The highest BCUT2D eigenvalue weighted by molar-refractivity contribution is 5.80. The Balaban J connectivity index is 1.74. The maximum absolute atomic E-state index is 12.5. The van der Waals surface area contributed by atoms with Gasteiger partial charge in [-0.15, -0.1) is 0 Å². The van der Waals surface area contributed by atoms with Crippen molar-refractivity contribution in [2.45, 2.75) is 45.8 Å². The number of aromatic nitrogens is 3. The van der Waals surface area contributed by atoms with Crippen LogP contribution in [0.25, 0.3) is 0 Å². The lowest BCUT2D eigenvalue weighted by molar-refractivity contribution is -0.124. The van der Waals surface area contributed by atoms with Crippen molar-refractivity contribution in [3.8, 4) is 0 Å². The summed E-state index contributed by atoms with van der Waals surface area (Å²) in [5.41, 5.74) is 4.74. The number of hydrogen-bond acceptors (Lipinski definition) is 4. The first-order valence-corrected chi connectivity index (χ1v) is 8.14. The highest BCUT2D eigenvalue weighted by Crippen LogP contribution is 2.20. The second-order valence-electron chi connectivity index (χ2n) is 5.88. The van der Waals surface area contributed by atoms with Gasteiger partial charge in [0.25, 0.3) is 0 Å². The van der Waals surface area contributed by atoms with E-state index in [1.165, 1.54) is 11.1 Å². The van der Waals surface area contributed by atoms with Crippen LogP contribution < -0.4 is 10.6 Å². The van der Waals surface area contributed by atoms with Gasteiger partial charge in [0, 0.05) is 37.4 Å². The third-order valence-electron chi connectivity index (χ3n) is 4.44. The molecule has 0 unspecified atom stereocenters. The Hall–Kier alpha value is -2.21. The number of aryl methyl sites for hydroxylation is 1. The zero-order chi connectivity index (χ0) is 16.2. The SMILES string of the molecule is CC[C@H](C(=O)NCc1c(C)ncc2c1CCNC2)n1cccn1. The molecule has 2 aromatic rings. The van der Waals surface area contributed by atoms with Gasteiger partial charge in [-0.1, -0.05) is 6.92 Å². The maximum atomic E-state index is 12.5. The van der Waals surface area contributed by atoms with Crippen LogP contribution >= 0.6 is 0 Å². The molecule has 0 spiro atoms. The summed E-state index contributed by atoms with van der Waals surface area (Å²) in [4.78, 5) is 17.0. The van der Waals surface area contributed by atoms with Gasteiger partial charge in [-0.05, 0) is 49.1 Å². The average Bonchev–Trinajstić information content (AvgIpc) is 3.09. The van der Waals surface area contributed by atoms with E-state index in [9.17, 15) is 4.79 Å². The number of nitrogens with zero attached hydrogens (tertiary/aromatic N) is 3. The molecule has 0 aromatic carbocycles. The van der Waals surface area contributed by atoms with E-state index in [2.05, 4.69) is 20.7 Å². The molecule has 0 aliphatic carbocycles. The van der Waals surface area contributed by atoms with Crippen molar-refractivity contribution < 1.29 is 4.79 Å². The molecule has 0 bridgehead atoms. The van der Waals surface area contributed by atoms with E-state index in [1.807, 2.05) is 32.3 Å². The summed E-state index contributed by atoms with van der Waals surface area (Å²) in [6.45, 7) is 6.36. The zero-order valence-electron chi connectivity index (χ0n) is 13.7. The van der Waals surface area contributed by atoms with E-state index in [4.69, 9.17) is 0 Å². The quantitative estimate of drug-likeness (QED) is 0.877. The molecule has 1 aliphatic rings. The van der Waals surface area contributed by atoms with E-state index in [1.54, 1.807) is 10.9 Å². The van der Waals surface area contributed by atoms with Crippen LogP contribution in [0.15, 0.2) is 24.7 Å². The van der Waals surface area contributed by atoms with Gasteiger partial charge >= 0.3 is 0 Å². The fourth-order valence-electron chi connectivity index (χ4n) is 3.13. The molecular formula is C17H23N5O. The number of nitrogens with one attached hydrogen (secondary N) is 2. The van der Waals surface area contributed by atoms with Crippen molar-refractivity contribution in [3.63, 3.8) is 0 Å². The Labute approximate surface area is 136 Å². The Kier molecular flexibility index (Phi) is 4.71. The molecule has 2 aromatic heterocycles. The van der Waals surface area contributed by atoms with Crippen LogP contribution in [0.3, 0.4) is 0 Å². The van der Waals surface area contributed by atoms with Crippen LogP contribution in [0.4, 0.5) is 0 Å². The molecule has 3 rings (SSSR count). The number of rotatable bonds is 5. The molecule has 0 saturated heterocycles. The molecule has 6 nitrogen and oxygen atoms in total. The Morgan fingerprint density at radius 2 is 2.39 bits per heavy atom. The minimum Gasteiger partial charge on any atom is -0.350 e. The van der Waals surface area contributed by atoms with Gasteiger partial charge in [-0.25, -0.2) is 0 Å². The Bertz CT molecular complexity index is 681. The van der Waals surface area contributed by atoms with Crippen molar-refractivity contribution in [2.75, 3.05) is 6.54 Å². The first-order chi connectivity index (χ1) is 11.2. The molecule has 2 N–H and O–H groups in total. The van der Waals surface area contributed by atoms with Gasteiger partial charge in [0.2, 0.25) is 5.91 Å². The maximum Gasteiger partial charge on any atom is 0.245 e. The first-order valence-electron chi connectivity index (χ1n) is 8.14. The smallest absolute Gasteiger partial charge is 0.245 e. The van der Waals surface area contributed by atoms with Crippen LogP contribution in [0.1, 0.15) is 41.8 Å². The van der Waals surface area contributed by atoms with Crippen LogP contribution in [-0.4, -0.2) is 27.2 Å². The minimum atomic E-state index is -0.264. The monoisotopic (exact) mass is 313 g/mol. The summed E-state index contributed by atoms with van der Waals surface area (Å²) < 4.78 is 1.71. The topological polar surface area (TPSA) is 71.8 Å². The highest BCUT2D eigenvalue weighted by atomic mass is 16.2. The normalized spacial score (nSPS) is 15.0. The minimum absolute atomic E-state index is 0.00198. The molecule has 0 saturated carbocycles. The molecule has 1 aliphatic heterocycles. The second-order valence-corrected chi connectivity index (χ2v) is 5.88. The van der Waals surface area contributed by atoms with Gasteiger partial charge in [0.15, 0.2) is 0 Å². The van der Waals surface area contributed by atoms with Crippen molar-refractivity contribution in [1.82, 2.24) is 25.4 Å². The summed E-state index contributed by atoms with van der Waals surface area (Å²) in [6, 6.07) is 1.57. The van der Waals surface area contributed by atoms with Crippen LogP contribution in [0.5, 0.6) is 0 Å². The van der Waals surface area contributed by atoms with Crippen LogP contribution in [-0.2, 0) is 24.3 Å². The zero-order valence-corrected chi connectivity index (χ0v) is 13.7. The molecule has 1 atom stereocenters. The molecule has 3 heterocycles. The summed E-state index contributed by atoms with van der Waals surface area (Å²) in [5, 5.41) is 10.6.